The van der Waals surface area contributed by atoms with E-state index < -0.39 is 0 Å². The lowest BCUT2D eigenvalue weighted by atomic mass is 10.1. The molecule has 0 fully saturated rings. The number of methoxy groups -OCH3 is 2. The zero-order chi connectivity index (χ0) is 24.5. The van der Waals surface area contributed by atoms with Gasteiger partial charge in [0.2, 0.25) is 5.91 Å². The predicted molar refractivity (Wildman–Crippen MR) is 136 cm³/mol. The highest BCUT2D eigenvalue weighted by atomic mass is 32.2. The number of ether oxygens (including phenoxy) is 3. The fraction of sp³-hybridized carbons (Fsp3) is 0.231. The molecule has 0 bridgehead atoms. The average molecular weight is 481 g/mol. The van der Waals surface area contributed by atoms with Crippen LogP contribution in [0.25, 0.3) is 0 Å². The van der Waals surface area contributed by atoms with Gasteiger partial charge in [-0.1, -0.05) is 12.1 Å². The quantitative estimate of drug-likeness (QED) is 0.374. The minimum atomic E-state index is -0.355. The van der Waals surface area contributed by atoms with Crippen molar-refractivity contribution in [3.8, 4) is 17.2 Å². The van der Waals surface area contributed by atoms with Crippen molar-refractivity contribution in [3.05, 3.63) is 72.3 Å². The van der Waals surface area contributed by atoms with Gasteiger partial charge < -0.3 is 24.8 Å². The van der Waals surface area contributed by atoms with Crippen molar-refractivity contribution >= 4 is 35.0 Å². The van der Waals surface area contributed by atoms with Gasteiger partial charge in [0.25, 0.3) is 5.91 Å². The maximum atomic E-state index is 12.9. The first-order valence-corrected chi connectivity index (χ1v) is 11.7. The molecule has 3 aromatic rings. The zero-order valence-corrected chi connectivity index (χ0v) is 20.4. The van der Waals surface area contributed by atoms with Gasteiger partial charge >= 0.3 is 0 Å². The predicted octanol–water partition coefficient (Wildman–Crippen LogP) is 5.47. The summed E-state index contributed by atoms with van der Waals surface area (Å²) in [6, 6.07) is 19.7. The molecule has 0 heterocycles. The summed E-state index contributed by atoms with van der Waals surface area (Å²) in [5.41, 5.74) is 1.61. The fourth-order valence-electron chi connectivity index (χ4n) is 3.22. The van der Waals surface area contributed by atoms with Gasteiger partial charge in [0, 0.05) is 16.3 Å². The topological polar surface area (TPSA) is 85.9 Å². The zero-order valence-electron chi connectivity index (χ0n) is 19.6. The molecule has 3 rings (SSSR count). The van der Waals surface area contributed by atoms with Crippen molar-refractivity contribution in [2.45, 2.75) is 24.0 Å². The molecule has 0 radical (unpaired) electrons. The fourth-order valence-corrected chi connectivity index (χ4v) is 4.14. The molecule has 2 N–H and O–H groups in total. The highest BCUT2D eigenvalue weighted by Gasteiger charge is 2.19. The highest BCUT2D eigenvalue weighted by Crippen LogP contribution is 2.31. The Bertz CT molecular complexity index is 1110. The molecule has 0 aromatic heterocycles. The SMILES string of the molecule is CCOc1ccc(NC(=O)C(C)Sc2cccc(NC(=O)c3c(OC)cccc3OC)c2)cc1. The molecular weight excluding hydrogens is 452 g/mol. The third-order valence-electron chi connectivity index (χ3n) is 4.86. The van der Waals surface area contributed by atoms with Gasteiger partial charge in [-0.15, -0.1) is 11.8 Å². The molecule has 34 heavy (non-hydrogen) atoms. The van der Waals surface area contributed by atoms with E-state index in [1.54, 1.807) is 24.3 Å². The lowest BCUT2D eigenvalue weighted by Gasteiger charge is -2.15. The van der Waals surface area contributed by atoms with E-state index in [-0.39, 0.29) is 17.1 Å². The van der Waals surface area contributed by atoms with Crippen molar-refractivity contribution in [1.82, 2.24) is 0 Å². The average Bonchev–Trinajstić information content (AvgIpc) is 2.84. The molecule has 1 atom stereocenters. The Morgan fingerprint density at radius 1 is 0.882 bits per heavy atom. The van der Waals surface area contributed by atoms with E-state index in [0.29, 0.717) is 35.0 Å². The lowest BCUT2D eigenvalue weighted by Crippen LogP contribution is -2.22. The molecule has 1 unspecified atom stereocenters. The second-order valence-corrected chi connectivity index (χ2v) is 8.64. The molecular formula is C26H28N2O5S. The maximum Gasteiger partial charge on any atom is 0.263 e. The van der Waals surface area contributed by atoms with Crippen LogP contribution in [0.2, 0.25) is 0 Å². The normalized spacial score (nSPS) is 11.3. The van der Waals surface area contributed by atoms with Gasteiger partial charge in [0.05, 0.1) is 26.1 Å². The number of amides is 2. The highest BCUT2D eigenvalue weighted by molar-refractivity contribution is 8.00. The number of nitrogens with one attached hydrogen (secondary N) is 2. The first-order valence-electron chi connectivity index (χ1n) is 10.8. The molecule has 178 valence electrons. The number of hydrogen-bond donors (Lipinski definition) is 2. The van der Waals surface area contributed by atoms with Gasteiger partial charge in [-0.25, -0.2) is 0 Å². The van der Waals surface area contributed by atoms with Crippen LogP contribution in [0, 0.1) is 0 Å². The Hall–Kier alpha value is -3.65. The maximum absolute atomic E-state index is 12.9. The third-order valence-corrected chi connectivity index (χ3v) is 5.96. The van der Waals surface area contributed by atoms with Crippen molar-refractivity contribution in [3.63, 3.8) is 0 Å². The smallest absolute Gasteiger partial charge is 0.263 e. The second-order valence-electron chi connectivity index (χ2n) is 7.23. The number of carbonyl (C=O) groups is 2. The lowest BCUT2D eigenvalue weighted by molar-refractivity contribution is -0.115. The van der Waals surface area contributed by atoms with Crippen molar-refractivity contribution in [1.29, 1.82) is 0 Å². The number of carbonyl (C=O) groups excluding carboxylic acids is 2. The summed E-state index contributed by atoms with van der Waals surface area (Å²) in [6.45, 7) is 4.34. The van der Waals surface area contributed by atoms with E-state index in [0.717, 1.165) is 10.6 Å². The van der Waals surface area contributed by atoms with E-state index in [1.807, 2.05) is 56.3 Å². The molecule has 7 nitrogen and oxygen atoms in total. The third kappa shape index (κ3) is 6.45. The van der Waals surface area contributed by atoms with Crippen LogP contribution in [-0.2, 0) is 4.79 Å². The van der Waals surface area contributed by atoms with E-state index in [4.69, 9.17) is 14.2 Å². The van der Waals surface area contributed by atoms with Crippen LogP contribution in [-0.4, -0.2) is 37.9 Å². The number of rotatable bonds is 10. The summed E-state index contributed by atoms with van der Waals surface area (Å²) in [5, 5.41) is 5.44. The van der Waals surface area contributed by atoms with Crippen LogP contribution in [0.15, 0.2) is 71.6 Å². The Morgan fingerprint density at radius 2 is 1.53 bits per heavy atom. The summed E-state index contributed by atoms with van der Waals surface area (Å²) in [4.78, 5) is 26.4. The Morgan fingerprint density at radius 3 is 2.15 bits per heavy atom. The van der Waals surface area contributed by atoms with Gasteiger partial charge in [0.1, 0.15) is 22.8 Å². The second kappa shape index (κ2) is 12.0. The summed E-state index contributed by atoms with van der Waals surface area (Å²) in [5.74, 6) is 1.12. The van der Waals surface area contributed by atoms with Crippen molar-refractivity contribution < 1.29 is 23.8 Å². The van der Waals surface area contributed by atoms with Crippen LogP contribution in [0.4, 0.5) is 11.4 Å². The molecule has 0 saturated carbocycles. The summed E-state index contributed by atoms with van der Waals surface area (Å²) in [6.07, 6.45) is 0. The number of benzene rings is 3. The minimum Gasteiger partial charge on any atom is -0.496 e. The van der Waals surface area contributed by atoms with Crippen molar-refractivity contribution in [2.75, 3.05) is 31.5 Å². The largest absolute Gasteiger partial charge is 0.496 e. The molecule has 0 spiro atoms. The summed E-state index contributed by atoms with van der Waals surface area (Å²) >= 11 is 1.40. The van der Waals surface area contributed by atoms with E-state index >= 15 is 0 Å². The molecule has 2 amide bonds. The van der Waals surface area contributed by atoms with Crippen LogP contribution in [0.5, 0.6) is 17.2 Å². The standard InChI is InChI=1S/C26H28N2O5S/c1-5-33-20-14-12-18(13-15-20)27-25(29)17(2)34-21-9-6-8-19(16-21)28-26(30)24-22(31-3)10-7-11-23(24)32-4/h6-17H,5H2,1-4H3,(H,27,29)(H,28,30). The summed E-state index contributed by atoms with van der Waals surface area (Å²) in [7, 11) is 3.01. The number of thioether (sulfide) groups is 1. The number of anilines is 2. The molecule has 0 aliphatic heterocycles. The minimum absolute atomic E-state index is 0.123. The monoisotopic (exact) mass is 480 g/mol. The Kier molecular flexibility index (Phi) is 8.81. The van der Waals surface area contributed by atoms with Crippen LogP contribution in [0.3, 0.4) is 0 Å². The van der Waals surface area contributed by atoms with Gasteiger partial charge in [-0.3, -0.25) is 9.59 Å². The van der Waals surface area contributed by atoms with Gasteiger partial charge in [-0.2, -0.15) is 0 Å². The summed E-state index contributed by atoms with van der Waals surface area (Å²) < 4.78 is 16.1. The van der Waals surface area contributed by atoms with Crippen LogP contribution < -0.4 is 24.8 Å². The van der Waals surface area contributed by atoms with Gasteiger partial charge in [0.15, 0.2) is 0 Å². The Balaban J connectivity index is 1.65. The first-order chi connectivity index (χ1) is 16.4. The van der Waals surface area contributed by atoms with Gasteiger partial charge in [-0.05, 0) is 68.4 Å². The van der Waals surface area contributed by atoms with Crippen LogP contribution >= 0.6 is 11.8 Å². The van der Waals surface area contributed by atoms with Crippen LogP contribution in [0.1, 0.15) is 24.2 Å². The van der Waals surface area contributed by atoms with Crippen molar-refractivity contribution in [2.24, 2.45) is 0 Å². The molecule has 0 aliphatic carbocycles. The van der Waals surface area contributed by atoms with E-state index in [1.165, 1.54) is 26.0 Å². The molecule has 0 saturated heterocycles. The molecule has 0 aliphatic rings. The van der Waals surface area contributed by atoms with E-state index in [2.05, 4.69) is 10.6 Å². The molecule has 8 heteroatoms. The van der Waals surface area contributed by atoms with E-state index in [9.17, 15) is 9.59 Å². The number of hydrogen-bond acceptors (Lipinski definition) is 6. The first kappa shape index (κ1) is 25.0. The molecule has 3 aromatic carbocycles. The Labute approximate surface area is 203 Å².